The molecule has 1 aromatic rings. The van der Waals surface area contributed by atoms with Crippen LogP contribution in [0.15, 0.2) is 24.3 Å². The van der Waals surface area contributed by atoms with E-state index in [2.05, 4.69) is 44.3 Å². The molecule has 2 nitrogen and oxygen atoms in total. The highest BCUT2D eigenvalue weighted by molar-refractivity contribution is 5.28. The van der Waals surface area contributed by atoms with Gasteiger partial charge in [-0.2, -0.15) is 0 Å². The summed E-state index contributed by atoms with van der Waals surface area (Å²) in [6.07, 6.45) is 2.98. The van der Waals surface area contributed by atoms with Crippen molar-refractivity contribution in [3.05, 3.63) is 29.8 Å². The van der Waals surface area contributed by atoms with Gasteiger partial charge >= 0.3 is 0 Å². The normalized spacial score (nSPS) is 17.2. The lowest BCUT2D eigenvalue weighted by Gasteiger charge is -2.12. The summed E-state index contributed by atoms with van der Waals surface area (Å²) in [6, 6.07) is 8.36. The van der Waals surface area contributed by atoms with Crippen LogP contribution in [0.25, 0.3) is 0 Å². The lowest BCUT2D eigenvalue weighted by atomic mass is 10.1. The molecule has 2 heteroatoms. The van der Waals surface area contributed by atoms with E-state index < -0.39 is 0 Å². The van der Waals surface area contributed by atoms with Crippen LogP contribution in [-0.2, 0) is 6.54 Å². The van der Waals surface area contributed by atoms with Crippen molar-refractivity contribution >= 4 is 0 Å². The highest BCUT2D eigenvalue weighted by Crippen LogP contribution is 2.44. The average molecular weight is 233 g/mol. The van der Waals surface area contributed by atoms with Gasteiger partial charge in [0, 0.05) is 13.1 Å². The first-order chi connectivity index (χ1) is 8.07. The minimum Gasteiger partial charge on any atom is -0.491 e. The molecule has 0 aliphatic heterocycles. The molecular weight excluding hydrogens is 210 g/mol. The molecule has 1 aromatic carbocycles. The Morgan fingerprint density at radius 3 is 2.76 bits per heavy atom. The molecule has 1 fully saturated rings. The monoisotopic (exact) mass is 233 g/mol. The van der Waals surface area contributed by atoms with Gasteiger partial charge in [0.1, 0.15) is 5.75 Å². The van der Waals surface area contributed by atoms with E-state index in [1.54, 1.807) is 0 Å². The van der Waals surface area contributed by atoms with E-state index in [4.69, 9.17) is 4.74 Å². The van der Waals surface area contributed by atoms with E-state index in [0.29, 0.717) is 5.41 Å². The zero-order chi connectivity index (χ0) is 12.3. The average Bonchev–Trinajstić information content (AvgIpc) is 2.96. The molecule has 1 aliphatic carbocycles. The van der Waals surface area contributed by atoms with Crippen molar-refractivity contribution in [3.8, 4) is 5.75 Å². The van der Waals surface area contributed by atoms with Gasteiger partial charge < -0.3 is 10.1 Å². The summed E-state index contributed by atoms with van der Waals surface area (Å²) in [7, 11) is 0. The van der Waals surface area contributed by atoms with Gasteiger partial charge in [-0.3, -0.25) is 0 Å². The second-order valence-electron chi connectivity index (χ2n) is 5.73. The number of ether oxygens (including phenoxy) is 1. The standard InChI is InChI=1S/C15H23NO/c1-12(2)17-14-6-4-5-13(9-14)10-16-11-15(3)7-8-15/h4-6,9,12,16H,7-8,10-11H2,1-3H3. The largest absolute Gasteiger partial charge is 0.491 e. The smallest absolute Gasteiger partial charge is 0.120 e. The van der Waals surface area contributed by atoms with E-state index in [0.717, 1.165) is 18.8 Å². The van der Waals surface area contributed by atoms with Crippen LogP contribution in [0.4, 0.5) is 0 Å². The minimum atomic E-state index is 0.239. The van der Waals surface area contributed by atoms with Crippen molar-refractivity contribution in [2.24, 2.45) is 5.41 Å². The van der Waals surface area contributed by atoms with E-state index in [1.165, 1.54) is 18.4 Å². The van der Waals surface area contributed by atoms with Crippen LogP contribution in [0.3, 0.4) is 0 Å². The second-order valence-corrected chi connectivity index (χ2v) is 5.73. The fourth-order valence-electron chi connectivity index (χ4n) is 1.90. The van der Waals surface area contributed by atoms with Crippen molar-refractivity contribution < 1.29 is 4.74 Å². The van der Waals surface area contributed by atoms with E-state index in [1.807, 2.05) is 6.07 Å². The second kappa shape index (κ2) is 5.09. The fraction of sp³-hybridized carbons (Fsp3) is 0.600. The highest BCUT2D eigenvalue weighted by Gasteiger charge is 2.36. The molecule has 0 bridgehead atoms. The fourth-order valence-corrected chi connectivity index (χ4v) is 1.90. The maximum absolute atomic E-state index is 5.69. The van der Waals surface area contributed by atoms with Gasteiger partial charge in [-0.1, -0.05) is 19.1 Å². The molecule has 0 radical (unpaired) electrons. The van der Waals surface area contributed by atoms with Gasteiger partial charge in [-0.25, -0.2) is 0 Å². The molecule has 0 saturated heterocycles. The Morgan fingerprint density at radius 1 is 1.35 bits per heavy atom. The van der Waals surface area contributed by atoms with Crippen molar-refractivity contribution in [2.45, 2.75) is 46.3 Å². The van der Waals surface area contributed by atoms with Crippen LogP contribution in [0.5, 0.6) is 5.75 Å². The topological polar surface area (TPSA) is 21.3 Å². The zero-order valence-corrected chi connectivity index (χ0v) is 11.1. The van der Waals surface area contributed by atoms with Crippen molar-refractivity contribution in [1.82, 2.24) is 5.32 Å². The van der Waals surface area contributed by atoms with Crippen LogP contribution >= 0.6 is 0 Å². The zero-order valence-electron chi connectivity index (χ0n) is 11.1. The number of nitrogens with one attached hydrogen (secondary N) is 1. The van der Waals surface area contributed by atoms with Crippen LogP contribution < -0.4 is 10.1 Å². The first-order valence-corrected chi connectivity index (χ1v) is 6.54. The van der Waals surface area contributed by atoms with E-state index in [9.17, 15) is 0 Å². The summed E-state index contributed by atoms with van der Waals surface area (Å²) in [6.45, 7) is 8.52. The third-order valence-corrected chi connectivity index (χ3v) is 3.25. The van der Waals surface area contributed by atoms with Crippen LogP contribution in [0, 0.1) is 5.41 Å². The van der Waals surface area contributed by atoms with Crippen LogP contribution in [0.1, 0.15) is 39.2 Å². The molecule has 1 saturated carbocycles. The maximum atomic E-state index is 5.69. The maximum Gasteiger partial charge on any atom is 0.120 e. The van der Waals surface area contributed by atoms with Crippen molar-refractivity contribution in [2.75, 3.05) is 6.54 Å². The van der Waals surface area contributed by atoms with Gasteiger partial charge in [0.25, 0.3) is 0 Å². The van der Waals surface area contributed by atoms with E-state index >= 15 is 0 Å². The summed E-state index contributed by atoms with van der Waals surface area (Å²) in [4.78, 5) is 0. The third-order valence-electron chi connectivity index (χ3n) is 3.25. The molecule has 17 heavy (non-hydrogen) atoms. The molecule has 0 heterocycles. The third kappa shape index (κ3) is 4.04. The molecule has 0 spiro atoms. The van der Waals surface area contributed by atoms with Crippen LogP contribution in [0.2, 0.25) is 0 Å². The molecule has 0 atom stereocenters. The quantitative estimate of drug-likeness (QED) is 0.813. The summed E-state index contributed by atoms with van der Waals surface area (Å²) in [5.41, 5.74) is 1.87. The van der Waals surface area contributed by atoms with Crippen molar-refractivity contribution in [3.63, 3.8) is 0 Å². The molecule has 1 N–H and O–H groups in total. The van der Waals surface area contributed by atoms with E-state index in [-0.39, 0.29) is 6.10 Å². The number of rotatable bonds is 6. The predicted octanol–water partition coefficient (Wildman–Crippen LogP) is 3.36. The summed E-state index contributed by atoms with van der Waals surface area (Å²) in [5.74, 6) is 0.969. The molecule has 2 rings (SSSR count). The van der Waals surface area contributed by atoms with Gasteiger partial charge in [0.05, 0.1) is 6.10 Å². The number of hydrogen-bond acceptors (Lipinski definition) is 2. The Balaban J connectivity index is 1.83. The highest BCUT2D eigenvalue weighted by atomic mass is 16.5. The minimum absolute atomic E-state index is 0.239. The Kier molecular flexibility index (Phi) is 3.72. The van der Waals surface area contributed by atoms with Crippen LogP contribution in [-0.4, -0.2) is 12.6 Å². The Bertz CT molecular complexity index is 369. The molecule has 1 aliphatic rings. The first kappa shape index (κ1) is 12.4. The molecule has 0 amide bonds. The van der Waals surface area contributed by atoms with Gasteiger partial charge in [-0.05, 0) is 49.8 Å². The summed E-state index contributed by atoms with van der Waals surface area (Å²) in [5, 5.41) is 3.53. The SMILES string of the molecule is CC(C)Oc1cccc(CNCC2(C)CC2)c1. The lowest BCUT2D eigenvalue weighted by Crippen LogP contribution is -2.21. The summed E-state index contributed by atoms with van der Waals surface area (Å²) >= 11 is 0. The molecule has 0 unspecified atom stereocenters. The Hall–Kier alpha value is -1.02. The first-order valence-electron chi connectivity index (χ1n) is 6.54. The summed E-state index contributed by atoms with van der Waals surface area (Å²) < 4.78 is 5.69. The van der Waals surface area contributed by atoms with Gasteiger partial charge in [-0.15, -0.1) is 0 Å². The predicted molar refractivity (Wildman–Crippen MR) is 71.3 cm³/mol. The Morgan fingerprint density at radius 2 is 2.12 bits per heavy atom. The van der Waals surface area contributed by atoms with Gasteiger partial charge in [0.15, 0.2) is 0 Å². The number of benzene rings is 1. The molecular formula is C15H23NO. The Labute approximate surface area is 104 Å². The lowest BCUT2D eigenvalue weighted by molar-refractivity contribution is 0.242. The molecule has 0 aromatic heterocycles. The number of hydrogen-bond donors (Lipinski definition) is 1. The van der Waals surface area contributed by atoms with Crippen molar-refractivity contribution in [1.29, 1.82) is 0 Å². The van der Waals surface area contributed by atoms with Gasteiger partial charge in [0.2, 0.25) is 0 Å². The molecule has 94 valence electrons.